The van der Waals surface area contributed by atoms with E-state index < -0.39 is 31.8 Å². The van der Waals surface area contributed by atoms with Crippen LogP contribution in [0.2, 0.25) is 0 Å². The van der Waals surface area contributed by atoms with Gasteiger partial charge in [0.05, 0.1) is 16.1 Å². The van der Waals surface area contributed by atoms with Gasteiger partial charge in [0.15, 0.2) is 15.5 Å². The summed E-state index contributed by atoms with van der Waals surface area (Å²) in [5, 5.41) is 16.6. The molecule has 1 aliphatic carbocycles. The highest BCUT2D eigenvalue weighted by molar-refractivity contribution is 7.94. The van der Waals surface area contributed by atoms with Crippen molar-refractivity contribution in [3.05, 3.63) is 52.6 Å². The van der Waals surface area contributed by atoms with E-state index in [-0.39, 0.29) is 42.7 Å². The van der Waals surface area contributed by atoms with Crippen LogP contribution < -0.4 is 5.32 Å². The Balaban J connectivity index is 1.51. The van der Waals surface area contributed by atoms with Crippen molar-refractivity contribution in [3.63, 3.8) is 0 Å². The molecule has 2 heterocycles. The number of rotatable bonds is 8. The smallest absolute Gasteiger partial charge is 0.272 e. The summed E-state index contributed by atoms with van der Waals surface area (Å²) in [5.41, 5.74) is 1.68. The number of nitrogens with zero attached hydrogens (tertiary/aromatic N) is 3. The first-order valence-corrected chi connectivity index (χ1v) is 12.6. The number of benzene rings is 1. The van der Waals surface area contributed by atoms with E-state index in [4.69, 9.17) is 0 Å². The van der Waals surface area contributed by atoms with Gasteiger partial charge in [0.2, 0.25) is 0 Å². The second kappa shape index (κ2) is 8.46. The average Bonchev–Trinajstić information content (AvgIpc) is 3.51. The second-order valence-electron chi connectivity index (χ2n) is 9.69. The van der Waals surface area contributed by atoms with Gasteiger partial charge in [-0.15, -0.1) is 0 Å². The molecule has 11 heteroatoms. The van der Waals surface area contributed by atoms with Crippen LogP contribution in [0.1, 0.15) is 58.8 Å². The minimum atomic E-state index is -3.69. The van der Waals surface area contributed by atoms with E-state index in [1.165, 1.54) is 35.6 Å². The number of aliphatic hydroxyl groups is 1. The Kier molecular flexibility index (Phi) is 6.05. The molecule has 34 heavy (non-hydrogen) atoms. The molecule has 0 saturated heterocycles. The van der Waals surface area contributed by atoms with E-state index in [2.05, 4.69) is 10.4 Å². The molecule has 184 valence electrons. The van der Waals surface area contributed by atoms with Crippen LogP contribution in [0.15, 0.2) is 24.3 Å². The van der Waals surface area contributed by atoms with Gasteiger partial charge in [-0.2, -0.15) is 5.10 Å². The van der Waals surface area contributed by atoms with Crippen molar-refractivity contribution in [1.82, 2.24) is 20.0 Å². The van der Waals surface area contributed by atoms with Gasteiger partial charge in [0.25, 0.3) is 11.8 Å². The van der Waals surface area contributed by atoms with Crippen LogP contribution in [0.5, 0.6) is 0 Å². The van der Waals surface area contributed by atoms with Gasteiger partial charge >= 0.3 is 0 Å². The Morgan fingerprint density at radius 2 is 1.91 bits per heavy atom. The molecule has 0 atom stereocenters. The fourth-order valence-electron chi connectivity index (χ4n) is 4.44. The zero-order chi connectivity index (χ0) is 24.9. The van der Waals surface area contributed by atoms with Crippen LogP contribution in [-0.2, 0) is 29.9 Å². The lowest BCUT2D eigenvalue weighted by Crippen LogP contribution is -2.51. The van der Waals surface area contributed by atoms with Crippen LogP contribution in [0.4, 0.5) is 4.39 Å². The summed E-state index contributed by atoms with van der Waals surface area (Å²) in [6, 6.07) is 5.77. The molecule has 0 unspecified atom stereocenters. The fraction of sp³-hybridized carbons (Fsp3) is 0.522. The Bertz CT molecular complexity index is 1230. The SMILES string of the molecule is Cn1nc(C(=O)NCc2ccc(F)cc2)c2c1C(=O)N(CC1(S(=O)(=O)C(C)(C)CO)CC1)CC2. The molecule has 9 nitrogen and oxygen atoms in total. The van der Waals surface area contributed by atoms with Crippen molar-refractivity contribution in [1.29, 1.82) is 0 Å². The Labute approximate surface area is 197 Å². The molecular formula is C23H29FN4O5S. The zero-order valence-electron chi connectivity index (χ0n) is 19.5. The van der Waals surface area contributed by atoms with Crippen LogP contribution in [-0.4, -0.2) is 69.2 Å². The summed E-state index contributed by atoms with van der Waals surface area (Å²) in [5.74, 6) is -1.16. The lowest BCUT2D eigenvalue weighted by molar-refractivity contribution is 0.0724. The van der Waals surface area contributed by atoms with E-state index >= 15 is 0 Å². The summed E-state index contributed by atoms with van der Waals surface area (Å²) in [4.78, 5) is 27.6. The maximum atomic E-state index is 13.3. The quantitative estimate of drug-likeness (QED) is 0.571. The van der Waals surface area contributed by atoms with Crippen molar-refractivity contribution in [3.8, 4) is 0 Å². The number of hydrogen-bond acceptors (Lipinski definition) is 6. The summed E-state index contributed by atoms with van der Waals surface area (Å²) < 4.78 is 38.4. The van der Waals surface area contributed by atoms with Gasteiger partial charge in [-0.05, 0) is 50.8 Å². The highest BCUT2D eigenvalue weighted by Crippen LogP contribution is 2.49. The van der Waals surface area contributed by atoms with Crippen LogP contribution in [0.25, 0.3) is 0 Å². The van der Waals surface area contributed by atoms with Gasteiger partial charge in [0, 0.05) is 32.2 Å². The molecule has 0 radical (unpaired) electrons. The number of aliphatic hydroxyl groups excluding tert-OH is 1. The molecule has 1 aliphatic heterocycles. The number of carbonyl (C=O) groups excluding carboxylic acids is 2. The Morgan fingerprint density at radius 1 is 1.26 bits per heavy atom. The van der Waals surface area contributed by atoms with E-state index in [1.807, 2.05) is 0 Å². The molecule has 2 amide bonds. The number of sulfone groups is 1. The number of fused-ring (bicyclic) bond motifs is 1. The Hall–Kier alpha value is -2.79. The van der Waals surface area contributed by atoms with Gasteiger partial charge in [-0.1, -0.05) is 12.1 Å². The lowest BCUT2D eigenvalue weighted by atomic mass is 10.0. The summed E-state index contributed by atoms with van der Waals surface area (Å²) in [6.45, 7) is 3.01. The maximum absolute atomic E-state index is 13.3. The largest absolute Gasteiger partial charge is 0.395 e. The molecule has 1 aromatic carbocycles. The van der Waals surface area contributed by atoms with E-state index in [1.54, 1.807) is 19.2 Å². The van der Waals surface area contributed by atoms with Crippen LogP contribution in [0, 0.1) is 5.82 Å². The monoisotopic (exact) mass is 492 g/mol. The highest BCUT2D eigenvalue weighted by Gasteiger charge is 2.60. The molecule has 0 bridgehead atoms. The number of amides is 2. The highest BCUT2D eigenvalue weighted by atomic mass is 32.2. The number of aryl methyl sites for hydroxylation is 1. The van der Waals surface area contributed by atoms with Crippen molar-refractivity contribution < 1.29 is 27.5 Å². The molecule has 1 fully saturated rings. The van der Waals surface area contributed by atoms with Gasteiger partial charge < -0.3 is 15.3 Å². The molecule has 2 aromatic rings. The summed E-state index contributed by atoms with van der Waals surface area (Å²) in [6.07, 6.45) is 1.25. The normalized spacial score (nSPS) is 17.4. The first-order valence-electron chi connectivity index (χ1n) is 11.2. The number of nitrogens with one attached hydrogen (secondary N) is 1. The predicted molar refractivity (Wildman–Crippen MR) is 122 cm³/mol. The minimum absolute atomic E-state index is 0.0499. The molecule has 1 aromatic heterocycles. The number of hydrogen-bond donors (Lipinski definition) is 2. The Morgan fingerprint density at radius 3 is 2.50 bits per heavy atom. The molecule has 4 rings (SSSR count). The van der Waals surface area contributed by atoms with Crippen LogP contribution in [0.3, 0.4) is 0 Å². The topological polar surface area (TPSA) is 122 Å². The van der Waals surface area contributed by atoms with Crippen LogP contribution >= 0.6 is 0 Å². The minimum Gasteiger partial charge on any atom is -0.395 e. The third-order valence-corrected chi connectivity index (χ3v) is 10.1. The molecule has 0 spiro atoms. The molecule has 2 aliphatic rings. The maximum Gasteiger partial charge on any atom is 0.272 e. The van der Waals surface area contributed by atoms with Crippen molar-refractivity contribution in [2.45, 2.75) is 49.1 Å². The second-order valence-corrected chi connectivity index (χ2v) is 12.7. The summed E-state index contributed by atoms with van der Waals surface area (Å²) >= 11 is 0. The fourth-order valence-corrected chi connectivity index (χ4v) is 6.75. The molecule has 2 N–H and O–H groups in total. The average molecular weight is 493 g/mol. The third-order valence-electron chi connectivity index (χ3n) is 6.81. The van der Waals surface area contributed by atoms with Crippen molar-refractivity contribution in [2.75, 3.05) is 19.7 Å². The number of carbonyl (C=O) groups is 2. The molecular weight excluding hydrogens is 463 g/mol. The van der Waals surface area contributed by atoms with Crippen molar-refractivity contribution >= 4 is 21.7 Å². The predicted octanol–water partition coefficient (Wildman–Crippen LogP) is 1.21. The first kappa shape index (κ1) is 24.3. The van der Waals surface area contributed by atoms with Gasteiger partial charge in [-0.3, -0.25) is 14.3 Å². The van der Waals surface area contributed by atoms with Gasteiger partial charge in [0.1, 0.15) is 11.5 Å². The van der Waals surface area contributed by atoms with E-state index in [0.717, 1.165) is 5.56 Å². The standard InChI is InChI=1S/C23H29FN4O5S/c1-22(2,14-29)34(32,33)23(9-10-23)13-28-11-8-17-18(26-27(3)19(17)21(28)31)20(30)25-12-15-4-6-16(24)7-5-15/h4-7,29H,8-14H2,1-3H3,(H,25,30). The van der Waals surface area contributed by atoms with Gasteiger partial charge in [-0.25, -0.2) is 12.8 Å². The van der Waals surface area contributed by atoms with E-state index in [0.29, 0.717) is 24.8 Å². The number of aromatic nitrogens is 2. The molecule has 1 saturated carbocycles. The van der Waals surface area contributed by atoms with E-state index in [9.17, 15) is 27.5 Å². The third kappa shape index (κ3) is 4.00. The summed E-state index contributed by atoms with van der Waals surface area (Å²) in [7, 11) is -2.11. The lowest BCUT2D eigenvalue weighted by Gasteiger charge is -2.34. The number of halogens is 1. The zero-order valence-corrected chi connectivity index (χ0v) is 20.3. The van der Waals surface area contributed by atoms with Crippen molar-refractivity contribution in [2.24, 2.45) is 7.05 Å². The first-order chi connectivity index (χ1) is 15.9.